The number of aryl methyl sites for hydroxylation is 2. The molecule has 0 radical (unpaired) electrons. The van der Waals surface area contributed by atoms with E-state index in [0.29, 0.717) is 12.1 Å². The summed E-state index contributed by atoms with van der Waals surface area (Å²) in [5.74, 6) is 0. The van der Waals surface area contributed by atoms with Crippen molar-refractivity contribution in [2.75, 3.05) is 13.1 Å². The van der Waals surface area contributed by atoms with Crippen LogP contribution in [0.3, 0.4) is 0 Å². The largest absolute Gasteiger partial charge is 0.311 e. The second-order valence-corrected chi connectivity index (χ2v) is 5.79. The summed E-state index contributed by atoms with van der Waals surface area (Å²) < 4.78 is 2.07. The maximum absolute atomic E-state index is 4.68. The highest BCUT2D eigenvalue weighted by Crippen LogP contribution is 2.20. The summed E-state index contributed by atoms with van der Waals surface area (Å²) in [5.41, 5.74) is 4.14. The summed E-state index contributed by atoms with van der Waals surface area (Å²) in [4.78, 5) is 2.59. The van der Waals surface area contributed by atoms with E-state index in [2.05, 4.69) is 54.7 Å². The van der Waals surface area contributed by atoms with Crippen molar-refractivity contribution in [3.05, 3.63) is 17.0 Å². The van der Waals surface area contributed by atoms with Crippen LogP contribution < -0.4 is 5.32 Å². The third-order valence-electron chi connectivity index (χ3n) is 4.28. The van der Waals surface area contributed by atoms with Gasteiger partial charge in [0.15, 0.2) is 0 Å². The molecule has 4 nitrogen and oxygen atoms in total. The zero-order chi connectivity index (χ0) is 14.0. The number of hydrogen-bond acceptors (Lipinski definition) is 3. The minimum atomic E-state index is 0. The van der Waals surface area contributed by atoms with Crippen LogP contribution in [0.2, 0.25) is 0 Å². The lowest BCUT2D eigenvalue weighted by Crippen LogP contribution is -2.53. The van der Waals surface area contributed by atoms with E-state index in [1.54, 1.807) is 0 Å². The topological polar surface area (TPSA) is 33.1 Å². The van der Waals surface area contributed by atoms with Crippen molar-refractivity contribution in [2.45, 2.75) is 59.2 Å². The predicted octanol–water partition coefficient (Wildman–Crippen LogP) is 2.15. The zero-order valence-corrected chi connectivity index (χ0v) is 14.3. The minimum absolute atomic E-state index is 0. The average molecular weight is 301 g/mol. The Morgan fingerprint density at radius 2 is 1.95 bits per heavy atom. The van der Waals surface area contributed by atoms with Crippen molar-refractivity contribution < 1.29 is 0 Å². The van der Waals surface area contributed by atoms with Gasteiger partial charge in [-0.25, -0.2) is 0 Å². The van der Waals surface area contributed by atoms with Crippen LogP contribution in [0.25, 0.3) is 0 Å². The Hall–Kier alpha value is -0.580. The van der Waals surface area contributed by atoms with Gasteiger partial charge in [0.25, 0.3) is 0 Å². The summed E-state index contributed by atoms with van der Waals surface area (Å²) in [6.07, 6.45) is 2.09. The number of piperazine rings is 1. The van der Waals surface area contributed by atoms with E-state index < -0.39 is 0 Å². The summed E-state index contributed by atoms with van der Waals surface area (Å²) in [7, 11) is 2.07. The summed E-state index contributed by atoms with van der Waals surface area (Å²) in [5, 5.41) is 8.23. The fourth-order valence-electron chi connectivity index (χ4n) is 3.09. The molecule has 116 valence electrons. The first kappa shape index (κ1) is 17.5. The van der Waals surface area contributed by atoms with Gasteiger partial charge in [0.05, 0.1) is 5.69 Å². The van der Waals surface area contributed by atoms with Crippen molar-refractivity contribution in [1.82, 2.24) is 20.0 Å². The Morgan fingerprint density at radius 1 is 1.25 bits per heavy atom. The zero-order valence-electron chi connectivity index (χ0n) is 13.4. The highest BCUT2D eigenvalue weighted by Gasteiger charge is 2.25. The summed E-state index contributed by atoms with van der Waals surface area (Å²) >= 11 is 0. The van der Waals surface area contributed by atoms with E-state index in [1.807, 2.05) is 0 Å². The van der Waals surface area contributed by atoms with Gasteiger partial charge in [-0.1, -0.05) is 13.8 Å². The molecule has 1 aliphatic rings. The van der Waals surface area contributed by atoms with Crippen LogP contribution in [-0.2, 0) is 26.4 Å². The van der Waals surface area contributed by atoms with Gasteiger partial charge >= 0.3 is 0 Å². The van der Waals surface area contributed by atoms with E-state index >= 15 is 0 Å². The number of aromatic nitrogens is 2. The van der Waals surface area contributed by atoms with Gasteiger partial charge in [-0.3, -0.25) is 9.58 Å². The molecule has 2 heterocycles. The third-order valence-corrected chi connectivity index (χ3v) is 4.28. The molecule has 1 aromatic heterocycles. The van der Waals surface area contributed by atoms with E-state index in [9.17, 15) is 0 Å². The van der Waals surface area contributed by atoms with Crippen LogP contribution in [-0.4, -0.2) is 39.9 Å². The Bertz CT molecular complexity index is 430. The SMILES string of the molecule is CCc1nn(C)c(CC)c1CN1CC(C)NCC1C.Cl. The first-order chi connectivity index (χ1) is 9.06. The number of rotatable bonds is 4. The summed E-state index contributed by atoms with van der Waals surface area (Å²) in [6, 6.07) is 1.19. The van der Waals surface area contributed by atoms with Gasteiger partial charge in [0.2, 0.25) is 0 Å². The monoisotopic (exact) mass is 300 g/mol. The third kappa shape index (κ3) is 3.54. The minimum Gasteiger partial charge on any atom is -0.311 e. The Kier molecular flexibility index (Phi) is 6.49. The molecule has 20 heavy (non-hydrogen) atoms. The van der Waals surface area contributed by atoms with Crippen LogP contribution in [0.5, 0.6) is 0 Å². The molecule has 2 atom stereocenters. The fraction of sp³-hybridized carbons (Fsp3) is 0.800. The van der Waals surface area contributed by atoms with Crippen molar-refractivity contribution in [1.29, 1.82) is 0 Å². The molecule has 1 aliphatic heterocycles. The summed E-state index contributed by atoms with van der Waals surface area (Å²) in [6.45, 7) is 12.3. The lowest BCUT2D eigenvalue weighted by Gasteiger charge is -2.37. The van der Waals surface area contributed by atoms with Gasteiger partial charge in [0.1, 0.15) is 0 Å². The molecule has 1 saturated heterocycles. The first-order valence-electron chi connectivity index (χ1n) is 7.57. The Balaban J connectivity index is 0.00000200. The van der Waals surface area contributed by atoms with Crippen molar-refractivity contribution in [2.24, 2.45) is 7.05 Å². The van der Waals surface area contributed by atoms with Crippen LogP contribution in [0, 0.1) is 0 Å². The van der Waals surface area contributed by atoms with Gasteiger partial charge in [-0.15, -0.1) is 12.4 Å². The predicted molar refractivity (Wildman–Crippen MR) is 86.5 cm³/mol. The lowest BCUT2D eigenvalue weighted by molar-refractivity contribution is 0.138. The molecule has 1 N–H and O–H groups in total. The molecule has 1 aromatic rings. The molecule has 2 rings (SSSR count). The quantitative estimate of drug-likeness (QED) is 0.925. The molecule has 0 bridgehead atoms. The number of halogens is 1. The fourth-order valence-corrected chi connectivity index (χ4v) is 3.09. The molecule has 0 saturated carbocycles. The second-order valence-electron chi connectivity index (χ2n) is 5.79. The highest BCUT2D eigenvalue weighted by molar-refractivity contribution is 5.85. The standard InChI is InChI=1S/C15H28N4.ClH/c1-6-14-13(15(7-2)18(5)17-14)10-19-9-11(3)16-8-12(19)4;/h11-12,16H,6-10H2,1-5H3;1H. The van der Waals surface area contributed by atoms with Crippen molar-refractivity contribution >= 4 is 12.4 Å². The number of hydrogen-bond donors (Lipinski definition) is 1. The maximum atomic E-state index is 4.68. The molecule has 0 amide bonds. The van der Waals surface area contributed by atoms with Crippen molar-refractivity contribution in [3.8, 4) is 0 Å². The normalized spacial score (nSPS) is 23.6. The van der Waals surface area contributed by atoms with Gasteiger partial charge in [-0.05, 0) is 26.7 Å². The number of nitrogens with zero attached hydrogens (tertiary/aromatic N) is 3. The lowest BCUT2D eigenvalue weighted by atomic mass is 10.1. The smallest absolute Gasteiger partial charge is 0.0669 e. The molecule has 1 fully saturated rings. The van der Waals surface area contributed by atoms with Crippen LogP contribution in [0.1, 0.15) is 44.6 Å². The Morgan fingerprint density at radius 3 is 2.55 bits per heavy atom. The average Bonchev–Trinajstić information content (AvgIpc) is 2.69. The van der Waals surface area contributed by atoms with Crippen LogP contribution in [0.15, 0.2) is 0 Å². The number of nitrogens with one attached hydrogen (secondary N) is 1. The maximum Gasteiger partial charge on any atom is 0.0669 e. The first-order valence-corrected chi connectivity index (χ1v) is 7.57. The molecule has 0 aliphatic carbocycles. The van der Waals surface area contributed by atoms with Crippen molar-refractivity contribution in [3.63, 3.8) is 0 Å². The van der Waals surface area contributed by atoms with E-state index in [-0.39, 0.29) is 12.4 Å². The van der Waals surface area contributed by atoms with Crippen LogP contribution in [0.4, 0.5) is 0 Å². The molecule has 0 spiro atoms. The van der Waals surface area contributed by atoms with Gasteiger partial charge in [-0.2, -0.15) is 5.10 Å². The molecular formula is C15H29ClN4. The van der Waals surface area contributed by atoms with E-state index in [4.69, 9.17) is 0 Å². The van der Waals surface area contributed by atoms with Gasteiger partial charge in [0, 0.05) is 50.0 Å². The highest BCUT2D eigenvalue weighted by atomic mass is 35.5. The van der Waals surface area contributed by atoms with E-state index in [0.717, 1.165) is 32.5 Å². The molecule has 5 heteroatoms. The molecule has 0 aromatic carbocycles. The Labute approximate surface area is 129 Å². The van der Waals surface area contributed by atoms with Crippen LogP contribution >= 0.6 is 12.4 Å². The molecule has 2 unspecified atom stereocenters. The molecular weight excluding hydrogens is 272 g/mol. The van der Waals surface area contributed by atoms with E-state index in [1.165, 1.54) is 17.0 Å². The van der Waals surface area contributed by atoms with Gasteiger partial charge < -0.3 is 5.32 Å². The second kappa shape index (κ2) is 7.43.